The molecule has 178 valence electrons. The standard InChI is InChI=1S/C22H32N2O7S/c1-15(18-10-9-17(24(27)28)13-16(18)14-32(8)29)11-12-23(19(25)30-21(2,3)4)20(26)31-22(5,6)7/h9-11,13H,12,14H2,1-8H3/b15-11+. The summed E-state index contributed by atoms with van der Waals surface area (Å²) in [5.74, 6) is 0.129. The van der Waals surface area contributed by atoms with Crippen molar-refractivity contribution in [3.05, 3.63) is 45.5 Å². The van der Waals surface area contributed by atoms with E-state index in [1.165, 1.54) is 18.4 Å². The van der Waals surface area contributed by atoms with Gasteiger partial charge in [-0.3, -0.25) is 10.1 Å². The maximum atomic E-state index is 12.6. The first kappa shape index (κ1) is 27.4. The maximum Gasteiger partial charge on any atom is 0.420 e. The molecule has 1 aromatic carbocycles. The Bertz CT molecular complexity index is 855. The van der Waals surface area contributed by atoms with Gasteiger partial charge in [0.15, 0.2) is 0 Å². The molecule has 0 aromatic heterocycles. The highest BCUT2D eigenvalue weighted by Gasteiger charge is 2.30. The van der Waals surface area contributed by atoms with Gasteiger partial charge in [-0.2, -0.15) is 0 Å². The van der Waals surface area contributed by atoms with E-state index < -0.39 is 39.5 Å². The van der Waals surface area contributed by atoms with E-state index in [-0.39, 0.29) is 18.0 Å². The number of hydrogen-bond donors (Lipinski definition) is 0. The number of carbonyl (C=O) groups is 2. The van der Waals surface area contributed by atoms with Crippen LogP contribution in [0.25, 0.3) is 5.57 Å². The van der Waals surface area contributed by atoms with Crippen molar-refractivity contribution in [3.8, 4) is 0 Å². The molecule has 0 aliphatic carbocycles. The summed E-state index contributed by atoms with van der Waals surface area (Å²) in [6.45, 7) is 11.7. The minimum absolute atomic E-state index is 0.105. The second kappa shape index (κ2) is 10.8. The highest BCUT2D eigenvalue weighted by Crippen LogP contribution is 2.26. The molecule has 0 fully saturated rings. The van der Waals surface area contributed by atoms with E-state index in [2.05, 4.69) is 0 Å². The van der Waals surface area contributed by atoms with Gasteiger partial charge in [-0.1, -0.05) is 17.3 Å². The van der Waals surface area contributed by atoms with Crippen LogP contribution in [0.5, 0.6) is 0 Å². The van der Waals surface area contributed by atoms with E-state index in [4.69, 9.17) is 9.47 Å². The second-order valence-corrected chi connectivity index (χ2v) is 10.7. The summed E-state index contributed by atoms with van der Waals surface area (Å²) in [5, 5.41) is 11.1. The van der Waals surface area contributed by atoms with Crippen LogP contribution in [0.3, 0.4) is 0 Å². The van der Waals surface area contributed by atoms with Crippen molar-refractivity contribution in [2.75, 3.05) is 12.8 Å². The van der Waals surface area contributed by atoms with Gasteiger partial charge in [0.25, 0.3) is 5.69 Å². The Labute approximate surface area is 192 Å². The van der Waals surface area contributed by atoms with E-state index >= 15 is 0 Å². The fourth-order valence-electron chi connectivity index (χ4n) is 2.61. The monoisotopic (exact) mass is 468 g/mol. The predicted molar refractivity (Wildman–Crippen MR) is 124 cm³/mol. The molecular formula is C22H32N2O7S. The first-order valence-electron chi connectivity index (χ1n) is 9.98. The van der Waals surface area contributed by atoms with Gasteiger partial charge in [0.2, 0.25) is 0 Å². The first-order valence-corrected chi connectivity index (χ1v) is 11.7. The van der Waals surface area contributed by atoms with E-state index in [1.54, 1.807) is 60.6 Å². The number of rotatable bonds is 6. The van der Waals surface area contributed by atoms with Crippen molar-refractivity contribution in [1.82, 2.24) is 4.90 Å². The number of benzene rings is 1. The van der Waals surface area contributed by atoms with Crippen LogP contribution in [0.4, 0.5) is 15.3 Å². The number of ether oxygens (including phenoxy) is 2. The third-order valence-electron chi connectivity index (χ3n) is 3.89. The summed E-state index contributed by atoms with van der Waals surface area (Å²) in [7, 11) is 0. The largest absolute Gasteiger partial charge is 0.616 e. The van der Waals surface area contributed by atoms with Crippen molar-refractivity contribution >= 4 is 34.6 Å². The summed E-state index contributed by atoms with van der Waals surface area (Å²) in [5.41, 5.74) is 0.0947. The molecule has 0 N–H and O–H groups in total. The summed E-state index contributed by atoms with van der Waals surface area (Å²) in [6.07, 6.45) is 1.43. The van der Waals surface area contributed by atoms with Gasteiger partial charge >= 0.3 is 12.2 Å². The summed E-state index contributed by atoms with van der Waals surface area (Å²) in [4.78, 5) is 36.7. The van der Waals surface area contributed by atoms with E-state index in [1.807, 2.05) is 0 Å². The van der Waals surface area contributed by atoms with Gasteiger partial charge in [0, 0.05) is 17.7 Å². The van der Waals surface area contributed by atoms with Gasteiger partial charge < -0.3 is 14.0 Å². The van der Waals surface area contributed by atoms with E-state index in [0.717, 1.165) is 4.90 Å². The number of imide groups is 1. The zero-order chi connectivity index (χ0) is 24.9. The molecule has 0 saturated heterocycles. The van der Waals surface area contributed by atoms with Gasteiger partial charge in [-0.15, -0.1) is 0 Å². The quantitative estimate of drug-likeness (QED) is 0.325. The Morgan fingerprint density at radius 3 is 2.00 bits per heavy atom. The molecule has 10 heteroatoms. The molecule has 2 amide bonds. The smallest absolute Gasteiger partial charge is 0.420 e. The molecule has 0 heterocycles. The molecule has 0 aliphatic rings. The highest BCUT2D eigenvalue weighted by atomic mass is 32.2. The summed E-state index contributed by atoms with van der Waals surface area (Å²) in [6, 6.07) is 4.30. The fourth-order valence-corrected chi connectivity index (χ4v) is 3.29. The second-order valence-electron chi connectivity index (χ2n) is 9.27. The molecule has 9 nitrogen and oxygen atoms in total. The predicted octanol–water partition coefficient (Wildman–Crippen LogP) is 5.05. The number of allylic oxidation sites excluding steroid dienone is 1. The molecule has 32 heavy (non-hydrogen) atoms. The number of carbonyl (C=O) groups excluding carboxylic acids is 2. The van der Waals surface area contributed by atoms with Crippen LogP contribution >= 0.6 is 0 Å². The molecule has 0 spiro atoms. The number of hydrogen-bond acceptors (Lipinski definition) is 7. The Morgan fingerprint density at radius 2 is 1.59 bits per heavy atom. The molecule has 0 bridgehead atoms. The topological polar surface area (TPSA) is 122 Å². The number of nitrogens with zero attached hydrogens (tertiary/aromatic N) is 2. The van der Waals surface area contributed by atoms with Crippen molar-refractivity contribution in [2.45, 2.75) is 65.4 Å². The lowest BCUT2D eigenvalue weighted by molar-refractivity contribution is -0.384. The number of nitro groups is 1. The van der Waals surface area contributed by atoms with E-state index in [9.17, 15) is 24.3 Å². The highest BCUT2D eigenvalue weighted by molar-refractivity contribution is 7.89. The molecular weight excluding hydrogens is 436 g/mol. The van der Waals surface area contributed by atoms with Crippen molar-refractivity contribution in [2.24, 2.45) is 0 Å². The molecule has 1 unspecified atom stereocenters. The first-order chi connectivity index (χ1) is 14.5. The van der Waals surface area contributed by atoms with Crippen molar-refractivity contribution in [3.63, 3.8) is 0 Å². The zero-order valence-electron chi connectivity index (χ0n) is 19.9. The summed E-state index contributed by atoms with van der Waals surface area (Å²) < 4.78 is 22.4. The average molecular weight is 469 g/mol. The van der Waals surface area contributed by atoms with Crippen molar-refractivity contribution in [1.29, 1.82) is 0 Å². The molecule has 0 saturated carbocycles. The van der Waals surface area contributed by atoms with Crippen LogP contribution < -0.4 is 0 Å². The number of nitro benzene ring substituents is 1. The average Bonchev–Trinajstić information content (AvgIpc) is 2.57. The molecule has 0 radical (unpaired) electrons. The van der Waals surface area contributed by atoms with Crippen LogP contribution in [0.15, 0.2) is 24.3 Å². The van der Waals surface area contributed by atoms with Crippen LogP contribution in [0, 0.1) is 10.1 Å². The van der Waals surface area contributed by atoms with Gasteiger partial charge in [-0.25, -0.2) is 14.5 Å². The SMILES string of the molecule is C/C(=C\CN(C(=O)OC(C)(C)C)C(=O)OC(C)(C)C)c1ccc([N+](=O)[O-])cc1C[S+](C)[O-]. The maximum absolute atomic E-state index is 12.6. The van der Waals surface area contributed by atoms with Crippen LogP contribution in [0.1, 0.15) is 59.6 Å². The van der Waals surface area contributed by atoms with Crippen LogP contribution in [-0.4, -0.2) is 50.6 Å². The summed E-state index contributed by atoms with van der Waals surface area (Å²) >= 11 is -1.22. The van der Waals surface area contributed by atoms with Crippen LogP contribution in [-0.2, 0) is 26.4 Å². The van der Waals surface area contributed by atoms with Gasteiger partial charge in [0.05, 0.1) is 17.7 Å². The van der Waals surface area contributed by atoms with Crippen molar-refractivity contribution < 1.29 is 28.5 Å². The zero-order valence-corrected chi connectivity index (χ0v) is 20.7. The minimum Gasteiger partial charge on any atom is -0.616 e. The Balaban J connectivity index is 3.28. The lowest BCUT2D eigenvalue weighted by Crippen LogP contribution is -2.43. The molecule has 1 rings (SSSR count). The Morgan fingerprint density at radius 1 is 1.09 bits per heavy atom. The number of non-ortho nitro benzene ring substituents is 1. The fraction of sp³-hybridized carbons (Fsp3) is 0.545. The minimum atomic E-state index is -1.22. The number of amides is 2. The Kier molecular flexibility index (Phi) is 9.28. The molecule has 1 aromatic rings. The van der Waals surface area contributed by atoms with Gasteiger partial charge in [-0.05, 0) is 65.7 Å². The lowest BCUT2D eigenvalue weighted by Gasteiger charge is -2.28. The normalized spacial score (nSPS) is 13.3. The van der Waals surface area contributed by atoms with Gasteiger partial charge in [0.1, 0.15) is 17.0 Å². The Hall–Kier alpha value is -2.59. The third-order valence-corrected chi connectivity index (χ3v) is 4.61. The van der Waals surface area contributed by atoms with Crippen LogP contribution in [0.2, 0.25) is 0 Å². The molecule has 1 atom stereocenters. The van der Waals surface area contributed by atoms with E-state index in [0.29, 0.717) is 16.7 Å². The lowest BCUT2D eigenvalue weighted by atomic mass is 10.0. The third kappa shape index (κ3) is 9.27. The molecule has 0 aliphatic heterocycles.